The predicted molar refractivity (Wildman–Crippen MR) is 65.1 cm³/mol. The van der Waals surface area contributed by atoms with E-state index < -0.39 is 0 Å². The molecule has 1 fully saturated rings. The molecule has 1 rings (SSSR count). The van der Waals surface area contributed by atoms with Crippen molar-refractivity contribution in [2.75, 3.05) is 13.7 Å². The molecule has 2 nitrogen and oxygen atoms in total. The third kappa shape index (κ3) is 4.12. The average Bonchev–Trinajstić information content (AvgIpc) is 2.52. The largest absolute Gasteiger partial charge is 0.376 e. The Balaban J connectivity index is 2.41. The van der Waals surface area contributed by atoms with Crippen molar-refractivity contribution in [2.45, 2.75) is 59.1 Å². The van der Waals surface area contributed by atoms with Crippen molar-refractivity contribution >= 4 is 0 Å². The normalized spacial score (nSPS) is 29.4. The molecule has 1 saturated heterocycles. The molecule has 0 aliphatic carbocycles. The van der Waals surface area contributed by atoms with Crippen LogP contribution in [0.2, 0.25) is 0 Å². The molecule has 3 unspecified atom stereocenters. The number of hydrogen-bond donors (Lipinski definition) is 1. The topological polar surface area (TPSA) is 21.3 Å². The fourth-order valence-corrected chi connectivity index (χ4v) is 2.29. The Hall–Kier alpha value is -0.0800. The Labute approximate surface area is 94.8 Å². The first-order chi connectivity index (χ1) is 6.94. The lowest BCUT2D eigenvalue weighted by Gasteiger charge is -2.28. The van der Waals surface area contributed by atoms with E-state index >= 15 is 0 Å². The summed E-state index contributed by atoms with van der Waals surface area (Å²) in [6.07, 6.45) is 4.12. The molecular weight excluding hydrogens is 186 g/mol. The van der Waals surface area contributed by atoms with Crippen molar-refractivity contribution in [3.05, 3.63) is 0 Å². The van der Waals surface area contributed by atoms with Crippen LogP contribution in [-0.2, 0) is 4.74 Å². The quantitative estimate of drug-likeness (QED) is 0.775. The van der Waals surface area contributed by atoms with Gasteiger partial charge in [-0.1, -0.05) is 27.7 Å². The molecule has 1 aliphatic heterocycles. The van der Waals surface area contributed by atoms with Crippen LogP contribution < -0.4 is 5.32 Å². The lowest BCUT2D eigenvalue weighted by Crippen LogP contribution is -2.40. The molecule has 0 aromatic heterocycles. The highest BCUT2D eigenvalue weighted by Crippen LogP contribution is 2.28. The van der Waals surface area contributed by atoms with E-state index in [4.69, 9.17) is 4.74 Å². The van der Waals surface area contributed by atoms with Crippen LogP contribution in [0.1, 0.15) is 47.0 Å². The highest BCUT2D eigenvalue weighted by molar-refractivity contribution is 4.85. The number of likely N-dealkylation sites (N-methyl/N-ethyl adjacent to an activating group) is 1. The summed E-state index contributed by atoms with van der Waals surface area (Å²) in [6.45, 7) is 10.2. The van der Waals surface area contributed by atoms with Crippen LogP contribution in [0.25, 0.3) is 0 Å². The van der Waals surface area contributed by atoms with Gasteiger partial charge in [-0.05, 0) is 37.6 Å². The molecule has 0 spiro atoms. The summed E-state index contributed by atoms with van der Waals surface area (Å²) >= 11 is 0. The summed E-state index contributed by atoms with van der Waals surface area (Å²) in [7, 11) is 2.06. The molecule has 0 amide bonds. The van der Waals surface area contributed by atoms with Crippen molar-refractivity contribution in [3.63, 3.8) is 0 Å². The van der Waals surface area contributed by atoms with Crippen molar-refractivity contribution in [2.24, 2.45) is 11.3 Å². The maximum Gasteiger partial charge on any atom is 0.0754 e. The van der Waals surface area contributed by atoms with Crippen LogP contribution in [0.5, 0.6) is 0 Å². The van der Waals surface area contributed by atoms with Gasteiger partial charge in [0, 0.05) is 12.6 Å². The first kappa shape index (κ1) is 13.0. The molecule has 0 aromatic rings. The van der Waals surface area contributed by atoms with Gasteiger partial charge in [0.2, 0.25) is 0 Å². The maximum atomic E-state index is 5.82. The predicted octanol–water partition coefficient (Wildman–Crippen LogP) is 2.83. The van der Waals surface area contributed by atoms with E-state index in [1.165, 1.54) is 19.3 Å². The summed E-state index contributed by atoms with van der Waals surface area (Å²) < 4.78 is 5.82. The minimum atomic E-state index is 0.428. The zero-order valence-corrected chi connectivity index (χ0v) is 11.0. The summed E-state index contributed by atoms with van der Waals surface area (Å²) in [6, 6.07) is 0.529. The molecule has 2 heteroatoms. The van der Waals surface area contributed by atoms with E-state index in [9.17, 15) is 0 Å². The number of nitrogens with one attached hydrogen (secondary N) is 1. The van der Waals surface area contributed by atoms with Crippen molar-refractivity contribution in [1.82, 2.24) is 5.32 Å². The van der Waals surface area contributed by atoms with Gasteiger partial charge in [0.1, 0.15) is 0 Å². The Morgan fingerprint density at radius 3 is 2.47 bits per heavy atom. The first-order valence-corrected chi connectivity index (χ1v) is 6.23. The standard InChI is InChI=1S/C13H27NO/c1-10-7-9-15-12(10)11(14-5)6-8-13(2,3)4/h10-12,14H,6-9H2,1-5H3. The van der Waals surface area contributed by atoms with Crippen molar-refractivity contribution < 1.29 is 4.74 Å². The molecule has 0 aromatic carbocycles. The van der Waals surface area contributed by atoms with Crippen LogP contribution in [-0.4, -0.2) is 25.8 Å². The second-order valence-electron chi connectivity index (χ2n) is 6.10. The van der Waals surface area contributed by atoms with Gasteiger partial charge in [0.15, 0.2) is 0 Å². The highest BCUT2D eigenvalue weighted by atomic mass is 16.5. The Morgan fingerprint density at radius 2 is 2.07 bits per heavy atom. The van der Waals surface area contributed by atoms with E-state index in [0.717, 1.165) is 6.61 Å². The lowest BCUT2D eigenvalue weighted by molar-refractivity contribution is 0.0570. The Kier molecular flexibility index (Phi) is 4.60. The molecule has 1 N–H and O–H groups in total. The van der Waals surface area contributed by atoms with Gasteiger partial charge in [-0.15, -0.1) is 0 Å². The summed E-state index contributed by atoms with van der Waals surface area (Å²) in [5.74, 6) is 0.711. The van der Waals surface area contributed by atoms with E-state index in [1.54, 1.807) is 0 Å². The molecule has 0 radical (unpaired) electrons. The average molecular weight is 213 g/mol. The molecule has 1 aliphatic rings. The zero-order chi connectivity index (χ0) is 11.5. The third-order valence-corrected chi connectivity index (χ3v) is 3.42. The first-order valence-electron chi connectivity index (χ1n) is 6.23. The smallest absolute Gasteiger partial charge is 0.0754 e. The second kappa shape index (κ2) is 5.31. The fourth-order valence-electron chi connectivity index (χ4n) is 2.29. The Bertz CT molecular complexity index is 185. The van der Waals surface area contributed by atoms with E-state index in [2.05, 4.69) is 40.1 Å². The van der Waals surface area contributed by atoms with Crippen LogP contribution >= 0.6 is 0 Å². The maximum absolute atomic E-state index is 5.82. The second-order valence-corrected chi connectivity index (χ2v) is 6.10. The molecule has 3 atom stereocenters. The summed E-state index contributed by atoms with van der Waals surface area (Å²) in [4.78, 5) is 0. The summed E-state index contributed by atoms with van der Waals surface area (Å²) in [5.41, 5.74) is 0.428. The number of hydrogen-bond acceptors (Lipinski definition) is 2. The van der Waals surface area contributed by atoms with Gasteiger partial charge in [-0.3, -0.25) is 0 Å². The SMILES string of the molecule is CNC(CCC(C)(C)C)C1OCCC1C. The van der Waals surface area contributed by atoms with Gasteiger partial charge >= 0.3 is 0 Å². The van der Waals surface area contributed by atoms with Gasteiger partial charge in [0.05, 0.1) is 6.10 Å². The number of rotatable bonds is 4. The molecule has 90 valence electrons. The molecule has 0 bridgehead atoms. The third-order valence-electron chi connectivity index (χ3n) is 3.42. The molecule has 15 heavy (non-hydrogen) atoms. The van der Waals surface area contributed by atoms with Gasteiger partial charge in [0.25, 0.3) is 0 Å². The monoisotopic (exact) mass is 213 g/mol. The van der Waals surface area contributed by atoms with Gasteiger partial charge < -0.3 is 10.1 Å². The van der Waals surface area contributed by atoms with E-state index in [0.29, 0.717) is 23.5 Å². The zero-order valence-electron chi connectivity index (χ0n) is 11.0. The van der Waals surface area contributed by atoms with Crippen LogP contribution in [0.15, 0.2) is 0 Å². The lowest BCUT2D eigenvalue weighted by atomic mass is 9.85. The summed E-state index contributed by atoms with van der Waals surface area (Å²) in [5, 5.41) is 3.42. The molecule has 0 saturated carbocycles. The van der Waals surface area contributed by atoms with Gasteiger partial charge in [-0.25, -0.2) is 0 Å². The van der Waals surface area contributed by atoms with Crippen LogP contribution in [0, 0.1) is 11.3 Å². The van der Waals surface area contributed by atoms with Gasteiger partial charge in [-0.2, -0.15) is 0 Å². The fraction of sp³-hybridized carbons (Fsp3) is 1.00. The van der Waals surface area contributed by atoms with Crippen molar-refractivity contribution in [1.29, 1.82) is 0 Å². The van der Waals surface area contributed by atoms with E-state index in [-0.39, 0.29) is 0 Å². The number of ether oxygens (including phenoxy) is 1. The van der Waals surface area contributed by atoms with Crippen LogP contribution in [0.4, 0.5) is 0 Å². The minimum Gasteiger partial charge on any atom is -0.376 e. The Morgan fingerprint density at radius 1 is 1.40 bits per heavy atom. The molecular formula is C13H27NO. The minimum absolute atomic E-state index is 0.428. The van der Waals surface area contributed by atoms with E-state index in [1.807, 2.05) is 0 Å². The highest BCUT2D eigenvalue weighted by Gasteiger charge is 2.31. The van der Waals surface area contributed by atoms with Crippen molar-refractivity contribution in [3.8, 4) is 0 Å². The molecule has 1 heterocycles. The van der Waals surface area contributed by atoms with Crippen LogP contribution in [0.3, 0.4) is 0 Å².